The molecule has 0 fully saturated rings. The zero-order valence-electron chi connectivity index (χ0n) is 9.46. The zero-order valence-corrected chi connectivity index (χ0v) is 11.6. The first kappa shape index (κ1) is 13.4. The number of anilines is 1. The number of rotatable bonds is 5. The molecule has 0 radical (unpaired) electrons. The highest BCUT2D eigenvalue weighted by atomic mass is 127. The van der Waals surface area contributed by atoms with Crippen molar-refractivity contribution in [3.8, 4) is 0 Å². The third-order valence-corrected chi connectivity index (χ3v) is 3.15. The molecule has 88 valence electrons. The SMILES string of the molecule is CC(=O)c1ccc(NCC[C@H](C)O)c(I)c1. The summed E-state index contributed by atoms with van der Waals surface area (Å²) in [6.07, 6.45) is 0.423. The maximum atomic E-state index is 11.2. The predicted octanol–water partition coefficient (Wildman–Crippen LogP) is 2.68. The van der Waals surface area contributed by atoms with Gasteiger partial charge in [-0.2, -0.15) is 0 Å². The number of ketones is 1. The lowest BCUT2D eigenvalue weighted by atomic mass is 10.1. The third-order valence-electron chi connectivity index (χ3n) is 2.25. The summed E-state index contributed by atoms with van der Waals surface area (Å²) in [5, 5.41) is 12.4. The van der Waals surface area contributed by atoms with Crippen LogP contribution in [0.25, 0.3) is 0 Å². The van der Waals surface area contributed by atoms with Crippen molar-refractivity contribution in [2.75, 3.05) is 11.9 Å². The van der Waals surface area contributed by atoms with E-state index in [0.29, 0.717) is 6.42 Å². The lowest BCUT2D eigenvalue weighted by molar-refractivity contribution is 0.101. The zero-order chi connectivity index (χ0) is 12.1. The van der Waals surface area contributed by atoms with Crippen LogP contribution in [0, 0.1) is 3.57 Å². The van der Waals surface area contributed by atoms with Crippen molar-refractivity contribution in [1.82, 2.24) is 0 Å². The molecule has 0 amide bonds. The average Bonchev–Trinajstić information content (AvgIpc) is 2.19. The average molecular weight is 333 g/mol. The second kappa shape index (κ2) is 6.20. The molecule has 1 aromatic rings. The molecular formula is C12H16INO2. The lowest BCUT2D eigenvalue weighted by Gasteiger charge is -2.10. The van der Waals surface area contributed by atoms with Crippen molar-refractivity contribution in [3.05, 3.63) is 27.3 Å². The topological polar surface area (TPSA) is 49.3 Å². The van der Waals surface area contributed by atoms with Gasteiger partial charge in [0.2, 0.25) is 0 Å². The number of hydrogen-bond donors (Lipinski definition) is 2. The molecule has 0 heterocycles. The summed E-state index contributed by atoms with van der Waals surface area (Å²) in [4.78, 5) is 11.2. The van der Waals surface area contributed by atoms with E-state index < -0.39 is 0 Å². The van der Waals surface area contributed by atoms with E-state index in [4.69, 9.17) is 5.11 Å². The summed E-state index contributed by atoms with van der Waals surface area (Å²) in [5.74, 6) is 0.0773. The minimum atomic E-state index is -0.290. The molecule has 0 unspecified atom stereocenters. The maximum absolute atomic E-state index is 11.2. The lowest BCUT2D eigenvalue weighted by Crippen LogP contribution is -2.10. The highest BCUT2D eigenvalue weighted by Crippen LogP contribution is 2.20. The number of carbonyl (C=O) groups is 1. The fourth-order valence-electron chi connectivity index (χ4n) is 1.29. The van der Waals surface area contributed by atoms with Crippen LogP contribution in [0.5, 0.6) is 0 Å². The fourth-order valence-corrected chi connectivity index (χ4v) is 2.00. The van der Waals surface area contributed by atoms with Gasteiger partial charge in [0, 0.05) is 21.4 Å². The van der Waals surface area contributed by atoms with Crippen LogP contribution < -0.4 is 5.32 Å². The van der Waals surface area contributed by atoms with Crippen LogP contribution in [0.4, 0.5) is 5.69 Å². The molecule has 0 saturated carbocycles. The van der Waals surface area contributed by atoms with E-state index in [-0.39, 0.29) is 11.9 Å². The fraction of sp³-hybridized carbons (Fsp3) is 0.417. The summed E-state index contributed by atoms with van der Waals surface area (Å²) in [7, 11) is 0. The van der Waals surface area contributed by atoms with Crippen molar-refractivity contribution in [3.63, 3.8) is 0 Å². The monoisotopic (exact) mass is 333 g/mol. The van der Waals surface area contributed by atoms with Crippen molar-refractivity contribution in [2.24, 2.45) is 0 Å². The van der Waals surface area contributed by atoms with Crippen LogP contribution >= 0.6 is 22.6 Å². The first-order valence-corrected chi connectivity index (χ1v) is 6.31. The van der Waals surface area contributed by atoms with Crippen molar-refractivity contribution in [2.45, 2.75) is 26.4 Å². The van der Waals surface area contributed by atoms with Gasteiger partial charge in [-0.25, -0.2) is 0 Å². The Morgan fingerprint density at radius 1 is 1.56 bits per heavy atom. The molecular weight excluding hydrogens is 317 g/mol. The largest absolute Gasteiger partial charge is 0.393 e. The minimum Gasteiger partial charge on any atom is -0.393 e. The Labute approximate surface area is 109 Å². The van der Waals surface area contributed by atoms with Crippen LogP contribution in [0.1, 0.15) is 30.6 Å². The van der Waals surface area contributed by atoms with Crippen molar-refractivity contribution < 1.29 is 9.90 Å². The van der Waals surface area contributed by atoms with Gasteiger partial charge in [0.1, 0.15) is 0 Å². The first-order valence-electron chi connectivity index (χ1n) is 5.23. The summed E-state index contributed by atoms with van der Waals surface area (Å²) in [6, 6.07) is 5.59. The van der Waals surface area contributed by atoms with E-state index >= 15 is 0 Å². The first-order chi connectivity index (χ1) is 7.50. The van der Waals surface area contributed by atoms with Crippen molar-refractivity contribution in [1.29, 1.82) is 0 Å². The number of carbonyl (C=O) groups excluding carboxylic acids is 1. The normalized spacial score (nSPS) is 12.2. The van der Waals surface area contributed by atoms with E-state index in [1.54, 1.807) is 13.8 Å². The van der Waals surface area contributed by atoms with Gasteiger partial charge in [0.05, 0.1) is 6.10 Å². The van der Waals surface area contributed by atoms with Gasteiger partial charge < -0.3 is 10.4 Å². The highest BCUT2D eigenvalue weighted by molar-refractivity contribution is 14.1. The Bertz CT molecular complexity index is 377. The van der Waals surface area contributed by atoms with E-state index in [1.807, 2.05) is 18.2 Å². The maximum Gasteiger partial charge on any atom is 0.159 e. The Balaban J connectivity index is 2.64. The number of aliphatic hydroxyl groups is 1. The molecule has 16 heavy (non-hydrogen) atoms. The minimum absolute atomic E-state index is 0.0773. The number of hydrogen-bond acceptors (Lipinski definition) is 3. The van der Waals surface area contributed by atoms with Gasteiger partial charge in [0.15, 0.2) is 5.78 Å². The molecule has 2 N–H and O–H groups in total. The molecule has 0 aliphatic carbocycles. The summed E-state index contributed by atoms with van der Waals surface area (Å²) < 4.78 is 1.02. The van der Waals surface area contributed by atoms with E-state index in [9.17, 15) is 4.79 Å². The summed E-state index contributed by atoms with van der Waals surface area (Å²) in [5.41, 5.74) is 1.73. The highest BCUT2D eigenvalue weighted by Gasteiger charge is 2.04. The molecule has 0 aromatic heterocycles. The number of Topliss-reactive ketones (excluding diaryl/α,β-unsaturated/α-hetero) is 1. The van der Waals surface area contributed by atoms with Gasteiger partial charge in [-0.1, -0.05) is 0 Å². The number of benzene rings is 1. The van der Waals surface area contributed by atoms with E-state index in [0.717, 1.165) is 21.4 Å². The number of aliphatic hydroxyl groups excluding tert-OH is 1. The Kier molecular flexibility index (Phi) is 5.21. The smallest absolute Gasteiger partial charge is 0.159 e. The van der Waals surface area contributed by atoms with Crippen LogP contribution in [0.15, 0.2) is 18.2 Å². The Morgan fingerprint density at radius 2 is 2.25 bits per heavy atom. The predicted molar refractivity (Wildman–Crippen MR) is 74.0 cm³/mol. The molecule has 0 bridgehead atoms. The summed E-state index contributed by atoms with van der Waals surface area (Å²) >= 11 is 2.20. The van der Waals surface area contributed by atoms with E-state index in [2.05, 4.69) is 27.9 Å². The molecule has 4 heteroatoms. The number of nitrogens with one attached hydrogen (secondary N) is 1. The molecule has 0 saturated heterocycles. The number of halogens is 1. The van der Waals surface area contributed by atoms with Crippen LogP contribution in [-0.2, 0) is 0 Å². The second-order valence-electron chi connectivity index (χ2n) is 3.82. The van der Waals surface area contributed by atoms with Crippen molar-refractivity contribution >= 4 is 34.1 Å². The van der Waals surface area contributed by atoms with Gasteiger partial charge in [-0.15, -0.1) is 0 Å². The standard InChI is InChI=1S/C12H16INO2/c1-8(15)5-6-14-12-4-3-10(9(2)16)7-11(12)13/h3-4,7-8,14-15H,5-6H2,1-2H3/t8-/m0/s1. The molecule has 0 aliphatic heterocycles. The Morgan fingerprint density at radius 3 is 2.75 bits per heavy atom. The second-order valence-corrected chi connectivity index (χ2v) is 4.98. The van der Waals surface area contributed by atoms with Crippen LogP contribution in [-0.4, -0.2) is 23.5 Å². The van der Waals surface area contributed by atoms with Crippen LogP contribution in [0.2, 0.25) is 0 Å². The van der Waals surface area contributed by atoms with Gasteiger partial charge in [0.25, 0.3) is 0 Å². The van der Waals surface area contributed by atoms with Gasteiger partial charge >= 0.3 is 0 Å². The molecule has 1 rings (SSSR count). The summed E-state index contributed by atoms with van der Waals surface area (Å²) in [6.45, 7) is 4.06. The molecule has 1 aromatic carbocycles. The quantitative estimate of drug-likeness (QED) is 0.643. The molecule has 3 nitrogen and oxygen atoms in total. The molecule has 1 atom stereocenters. The molecule has 0 spiro atoms. The third kappa shape index (κ3) is 4.09. The van der Waals surface area contributed by atoms with Gasteiger partial charge in [-0.3, -0.25) is 4.79 Å². The van der Waals surface area contributed by atoms with Crippen LogP contribution in [0.3, 0.4) is 0 Å². The Hall–Kier alpha value is -0.620. The van der Waals surface area contributed by atoms with Gasteiger partial charge in [-0.05, 0) is 61.1 Å². The molecule has 0 aliphatic rings. The van der Waals surface area contributed by atoms with E-state index in [1.165, 1.54) is 0 Å².